The van der Waals surface area contributed by atoms with E-state index in [9.17, 15) is 18.0 Å². The number of halogens is 3. The number of aryl methyl sites for hydroxylation is 1. The summed E-state index contributed by atoms with van der Waals surface area (Å²) < 4.78 is 39.0. The van der Waals surface area contributed by atoms with Crippen LogP contribution in [0.25, 0.3) is 0 Å². The Kier molecular flexibility index (Phi) is 5.72. The molecule has 0 atom stereocenters. The van der Waals surface area contributed by atoms with Crippen LogP contribution in [0, 0.1) is 6.92 Å². The van der Waals surface area contributed by atoms with Gasteiger partial charge in [-0.1, -0.05) is 41.3 Å². The first kappa shape index (κ1) is 17.4. The molecule has 0 saturated heterocycles. The van der Waals surface area contributed by atoms with Crippen LogP contribution in [0.5, 0.6) is 0 Å². The Bertz CT molecular complexity index is 715. The lowest BCUT2D eigenvalue weighted by molar-refractivity contribution is -0.137. The zero-order valence-corrected chi connectivity index (χ0v) is 13.4. The summed E-state index contributed by atoms with van der Waals surface area (Å²) in [6.07, 6.45) is -3.50. The van der Waals surface area contributed by atoms with Crippen molar-refractivity contribution < 1.29 is 18.0 Å². The number of alkyl halides is 3. The van der Waals surface area contributed by atoms with Crippen molar-refractivity contribution in [3.63, 3.8) is 0 Å². The molecule has 1 aromatic carbocycles. The highest BCUT2D eigenvalue weighted by molar-refractivity contribution is 8.01. The van der Waals surface area contributed by atoms with Crippen LogP contribution in [0.3, 0.4) is 0 Å². The fraction of sp³-hybridized carbons (Fsp3) is 0.231. The largest absolute Gasteiger partial charge is 0.417 e. The molecule has 0 saturated carbocycles. The molecule has 1 amide bonds. The molecule has 0 fully saturated rings. The van der Waals surface area contributed by atoms with Crippen LogP contribution < -0.4 is 5.43 Å². The van der Waals surface area contributed by atoms with Gasteiger partial charge in [-0.3, -0.25) is 4.79 Å². The number of nitrogens with one attached hydrogen (secondary N) is 1. The minimum Gasteiger partial charge on any atom is -0.272 e. The summed E-state index contributed by atoms with van der Waals surface area (Å²) in [4.78, 5) is 11.6. The average Bonchev–Trinajstić information content (AvgIpc) is 2.90. The molecular formula is C13H11F3N4OS2. The number of thioether (sulfide) groups is 1. The lowest BCUT2D eigenvalue weighted by atomic mass is 10.1. The molecule has 23 heavy (non-hydrogen) atoms. The zero-order valence-electron chi connectivity index (χ0n) is 11.8. The molecule has 0 bridgehead atoms. The molecular weight excluding hydrogens is 349 g/mol. The van der Waals surface area contributed by atoms with Crippen LogP contribution in [0.4, 0.5) is 13.2 Å². The molecule has 0 spiro atoms. The molecule has 2 aromatic rings. The minimum absolute atomic E-state index is 0.0485. The summed E-state index contributed by atoms with van der Waals surface area (Å²) in [7, 11) is 0. The number of carbonyl (C=O) groups is 1. The van der Waals surface area contributed by atoms with Gasteiger partial charge in [0.25, 0.3) is 5.91 Å². The van der Waals surface area contributed by atoms with Gasteiger partial charge in [-0.25, -0.2) is 5.43 Å². The maximum absolute atomic E-state index is 12.8. The standard InChI is InChI=1S/C13H11F3N4OS2/c1-8-18-20-12(23-8)22-7-11(21)19-17-6-9-4-2-3-5-10(9)13(14,15)16/h2-6H,7H2,1H3,(H,19,21)/b17-6+. The van der Waals surface area contributed by atoms with Crippen LogP contribution >= 0.6 is 23.1 Å². The van der Waals surface area contributed by atoms with E-state index in [4.69, 9.17) is 0 Å². The smallest absolute Gasteiger partial charge is 0.272 e. The normalized spacial score (nSPS) is 11.8. The van der Waals surface area contributed by atoms with Gasteiger partial charge in [-0.15, -0.1) is 10.2 Å². The summed E-state index contributed by atoms with van der Waals surface area (Å²) in [6.45, 7) is 1.80. The van der Waals surface area contributed by atoms with Crippen molar-refractivity contribution in [1.82, 2.24) is 15.6 Å². The predicted molar refractivity (Wildman–Crippen MR) is 82.6 cm³/mol. The lowest BCUT2D eigenvalue weighted by Gasteiger charge is -2.09. The van der Waals surface area contributed by atoms with Gasteiger partial charge in [-0.05, 0) is 13.0 Å². The molecule has 0 unspecified atom stereocenters. The van der Waals surface area contributed by atoms with E-state index in [-0.39, 0.29) is 11.3 Å². The Hall–Kier alpha value is -1.94. The second-order valence-corrected chi connectivity index (χ2v) is 6.66. The van der Waals surface area contributed by atoms with E-state index in [2.05, 4.69) is 20.7 Å². The molecule has 1 N–H and O–H groups in total. The molecule has 0 aliphatic rings. The molecule has 5 nitrogen and oxygen atoms in total. The number of aromatic nitrogens is 2. The van der Waals surface area contributed by atoms with Crippen molar-refractivity contribution in [2.24, 2.45) is 5.10 Å². The number of rotatable bonds is 5. The minimum atomic E-state index is -4.47. The van der Waals surface area contributed by atoms with Gasteiger partial charge in [0.2, 0.25) is 0 Å². The number of amides is 1. The van der Waals surface area contributed by atoms with Gasteiger partial charge < -0.3 is 0 Å². The third-order valence-electron chi connectivity index (χ3n) is 2.49. The molecule has 0 aliphatic carbocycles. The summed E-state index contributed by atoms with van der Waals surface area (Å²) >= 11 is 2.53. The fourth-order valence-corrected chi connectivity index (χ4v) is 3.15. The van der Waals surface area contributed by atoms with Crippen molar-refractivity contribution >= 4 is 35.2 Å². The Labute approximate surface area is 138 Å². The highest BCUT2D eigenvalue weighted by atomic mass is 32.2. The van der Waals surface area contributed by atoms with Gasteiger partial charge in [0.1, 0.15) is 5.01 Å². The highest BCUT2D eigenvalue weighted by Gasteiger charge is 2.32. The third kappa shape index (κ3) is 5.32. The summed E-state index contributed by atoms with van der Waals surface area (Å²) in [5.41, 5.74) is 1.26. The summed E-state index contributed by atoms with van der Waals surface area (Å²) in [5.74, 6) is -0.393. The number of carbonyl (C=O) groups excluding carboxylic acids is 1. The van der Waals surface area contributed by atoms with E-state index in [0.29, 0.717) is 4.34 Å². The zero-order chi connectivity index (χ0) is 16.9. The lowest BCUT2D eigenvalue weighted by Crippen LogP contribution is -2.20. The maximum Gasteiger partial charge on any atom is 0.417 e. The van der Waals surface area contributed by atoms with E-state index >= 15 is 0 Å². The number of hydrogen-bond acceptors (Lipinski definition) is 6. The van der Waals surface area contributed by atoms with Gasteiger partial charge >= 0.3 is 6.18 Å². The van der Waals surface area contributed by atoms with Crippen molar-refractivity contribution in [1.29, 1.82) is 0 Å². The van der Waals surface area contributed by atoms with Gasteiger partial charge in [0.15, 0.2) is 4.34 Å². The van der Waals surface area contributed by atoms with E-state index in [1.807, 2.05) is 0 Å². The topological polar surface area (TPSA) is 67.2 Å². The monoisotopic (exact) mass is 360 g/mol. The van der Waals surface area contributed by atoms with Crippen LogP contribution in [0.1, 0.15) is 16.1 Å². The van der Waals surface area contributed by atoms with Crippen LogP contribution in [-0.4, -0.2) is 28.1 Å². The van der Waals surface area contributed by atoms with Crippen LogP contribution in [0.15, 0.2) is 33.7 Å². The first-order valence-electron chi connectivity index (χ1n) is 6.27. The Morgan fingerprint density at radius 3 is 2.78 bits per heavy atom. The molecule has 2 rings (SSSR count). The Balaban J connectivity index is 1.90. The molecule has 122 valence electrons. The summed E-state index contributed by atoms with van der Waals surface area (Å²) in [6, 6.07) is 4.99. The fourth-order valence-electron chi connectivity index (χ4n) is 1.54. The molecule has 1 heterocycles. The maximum atomic E-state index is 12.8. The van der Waals surface area contributed by atoms with E-state index in [1.54, 1.807) is 6.92 Å². The average molecular weight is 360 g/mol. The van der Waals surface area contributed by atoms with Crippen LogP contribution in [-0.2, 0) is 11.0 Å². The SMILES string of the molecule is Cc1nnc(SCC(=O)N/N=C/c2ccccc2C(F)(F)F)s1. The summed E-state index contributed by atoms with van der Waals surface area (Å²) in [5, 5.41) is 12.0. The van der Waals surface area contributed by atoms with Gasteiger partial charge in [0.05, 0.1) is 17.5 Å². The third-order valence-corrected chi connectivity index (χ3v) is 4.47. The second kappa shape index (κ2) is 7.55. The molecule has 0 radical (unpaired) electrons. The first-order valence-corrected chi connectivity index (χ1v) is 8.07. The first-order chi connectivity index (χ1) is 10.9. The van der Waals surface area contributed by atoms with Gasteiger partial charge in [0, 0.05) is 5.56 Å². The van der Waals surface area contributed by atoms with E-state index in [1.165, 1.54) is 41.3 Å². The highest BCUT2D eigenvalue weighted by Crippen LogP contribution is 2.31. The quantitative estimate of drug-likeness (QED) is 0.505. The second-order valence-electron chi connectivity index (χ2n) is 4.25. The number of hydrogen-bond donors (Lipinski definition) is 1. The Morgan fingerprint density at radius 1 is 1.39 bits per heavy atom. The van der Waals surface area contributed by atoms with Crippen molar-refractivity contribution in [2.45, 2.75) is 17.4 Å². The number of hydrazone groups is 1. The number of benzene rings is 1. The predicted octanol–water partition coefficient (Wildman–Crippen LogP) is 3.11. The Morgan fingerprint density at radius 2 is 2.13 bits per heavy atom. The van der Waals surface area contributed by atoms with Crippen molar-refractivity contribution in [2.75, 3.05) is 5.75 Å². The number of nitrogens with zero attached hydrogens (tertiary/aromatic N) is 3. The molecule has 0 aliphatic heterocycles. The van der Waals surface area contributed by atoms with E-state index < -0.39 is 17.6 Å². The van der Waals surface area contributed by atoms with Crippen LogP contribution in [0.2, 0.25) is 0 Å². The van der Waals surface area contributed by atoms with Crippen molar-refractivity contribution in [3.05, 3.63) is 40.4 Å². The van der Waals surface area contributed by atoms with Gasteiger partial charge in [-0.2, -0.15) is 18.3 Å². The molecule has 10 heteroatoms. The molecule has 1 aromatic heterocycles. The van der Waals surface area contributed by atoms with E-state index in [0.717, 1.165) is 17.3 Å². The van der Waals surface area contributed by atoms with Crippen molar-refractivity contribution in [3.8, 4) is 0 Å².